The number of nitrogens with zero attached hydrogens (tertiary/aromatic N) is 1. The molecule has 0 radical (unpaired) electrons. The maximum absolute atomic E-state index is 13.9. The highest BCUT2D eigenvalue weighted by Gasteiger charge is 2.54. The predicted octanol–water partition coefficient (Wildman–Crippen LogP) is 7.44. The molecule has 0 saturated carbocycles. The minimum Gasteiger partial charge on any atom is -0.249 e. The van der Waals surface area contributed by atoms with E-state index in [0.29, 0.717) is 0 Å². The van der Waals surface area contributed by atoms with Crippen molar-refractivity contribution in [3.05, 3.63) is 138 Å². The van der Waals surface area contributed by atoms with Gasteiger partial charge in [-0.2, -0.15) is 0 Å². The minimum absolute atomic E-state index is 0.0806. The van der Waals surface area contributed by atoms with Crippen molar-refractivity contribution in [2.75, 3.05) is 0 Å². The van der Waals surface area contributed by atoms with Gasteiger partial charge in [-0.3, -0.25) is 0 Å². The molecule has 1 heterocycles. The van der Waals surface area contributed by atoms with Crippen molar-refractivity contribution in [3.8, 4) is 0 Å². The first-order valence-corrected chi connectivity index (χ1v) is 14.6. The van der Waals surface area contributed by atoms with Crippen LogP contribution in [0.4, 0.5) is 0 Å². The molecule has 0 aromatic heterocycles. The number of aryl methyl sites for hydroxylation is 2. The summed E-state index contributed by atoms with van der Waals surface area (Å²) < 4.78 is 29.7. The minimum atomic E-state index is -1.36. The number of rotatable bonds is 6. The molecule has 184 valence electrons. The summed E-state index contributed by atoms with van der Waals surface area (Å²) in [4.78, 5) is 2.31. The lowest BCUT2D eigenvalue weighted by atomic mass is 10.0. The summed E-state index contributed by atoms with van der Waals surface area (Å²) in [5.41, 5.74) is 4.33. The topological polar surface area (TPSA) is 37.1 Å². The van der Waals surface area contributed by atoms with E-state index < -0.39 is 21.8 Å². The number of fused-ring (bicyclic) bond motifs is 1. The number of benzene rings is 5. The zero-order valence-electron chi connectivity index (χ0n) is 20.7. The van der Waals surface area contributed by atoms with Crippen LogP contribution in [0.5, 0.6) is 0 Å². The molecule has 5 atom stereocenters. The van der Waals surface area contributed by atoms with E-state index in [4.69, 9.17) is 0 Å². The molecule has 5 heteroatoms. The Kier molecular flexibility index (Phi) is 6.37. The summed E-state index contributed by atoms with van der Waals surface area (Å²) in [5, 5.41) is 2.33. The second kappa shape index (κ2) is 9.82. The second-order valence-corrected chi connectivity index (χ2v) is 12.4. The summed E-state index contributed by atoms with van der Waals surface area (Å²) in [6, 6.07) is 38.1. The third-order valence-corrected chi connectivity index (χ3v) is 9.94. The van der Waals surface area contributed by atoms with Gasteiger partial charge < -0.3 is 0 Å². The Morgan fingerprint density at radius 3 is 1.89 bits per heavy atom. The standard InChI is InChI=1S/C32H27NO2S2/c1-22-11-17-27(18-12-22)36(34)30-10-6-5-9-29(30)32-31(26-16-15-24-7-3-4-8-25(24)21-26)33(32)37(35)28-19-13-23(2)14-20-28/h3-21,31-32H,1-2H3/t31-,32-,33?,36?,37?/m1/s1. The van der Waals surface area contributed by atoms with Crippen LogP contribution in [0.1, 0.15) is 34.3 Å². The molecule has 3 nitrogen and oxygen atoms in total. The van der Waals surface area contributed by atoms with Crippen molar-refractivity contribution in [3.63, 3.8) is 0 Å². The van der Waals surface area contributed by atoms with Gasteiger partial charge in [-0.05, 0) is 72.1 Å². The average Bonchev–Trinajstić information content (AvgIpc) is 3.68. The predicted molar refractivity (Wildman–Crippen MR) is 151 cm³/mol. The van der Waals surface area contributed by atoms with E-state index in [1.807, 2.05) is 103 Å². The summed E-state index contributed by atoms with van der Waals surface area (Å²) in [7, 11) is -2.70. The van der Waals surface area contributed by atoms with Gasteiger partial charge in [-0.25, -0.2) is 12.7 Å². The SMILES string of the molecule is Cc1ccc(S(=O)c2ccccc2[C@@H]2[C@@H](c3ccc4ccccc4c3)N2S(=O)c2ccc(C)cc2)cc1. The summed E-state index contributed by atoms with van der Waals surface area (Å²) in [6.45, 7) is 4.05. The van der Waals surface area contributed by atoms with E-state index in [9.17, 15) is 8.42 Å². The molecule has 5 aromatic carbocycles. The first kappa shape index (κ1) is 24.0. The highest BCUT2D eigenvalue weighted by molar-refractivity contribution is 7.85. The Labute approximate surface area is 222 Å². The molecule has 0 amide bonds. The van der Waals surface area contributed by atoms with Crippen LogP contribution in [0, 0.1) is 13.8 Å². The lowest BCUT2D eigenvalue weighted by Crippen LogP contribution is -2.06. The molecule has 1 saturated heterocycles. The monoisotopic (exact) mass is 521 g/mol. The van der Waals surface area contributed by atoms with E-state index in [2.05, 4.69) is 30.3 Å². The fourth-order valence-electron chi connectivity index (χ4n) is 4.90. The van der Waals surface area contributed by atoms with Crippen LogP contribution in [-0.2, 0) is 21.8 Å². The zero-order valence-corrected chi connectivity index (χ0v) is 22.3. The Balaban J connectivity index is 1.44. The van der Waals surface area contributed by atoms with Gasteiger partial charge in [0.05, 0.1) is 27.8 Å². The van der Waals surface area contributed by atoms with E-state index in [1.54, 1.807) is 0 Å². The van der Waals surface area contributed by atoms with Gasteiger partial charge in [-0.15, -0.1) is 0 Å². The van der Waals surface area contributed by atoms with E-state index in [1.165, 1.54) is 5.39 Å². The fourth-order valence-corrected chi connectivity index (χ4v) is 7.58. The van der Waals surface area contributed by atoms with Crippen LogP contribution in [-0.4, -0.2) is 12.7 Å². The van der Waals surface area contributed by atoms with Crippen LogP contribution in [0.2, 0.25) is 0 Å². The van der Waals surface area contributed by atoms with Crippen molar-refractivity contribution in [2.45, 2.75) is 40.6 Å². The van der Waals surface area contributed by atoms with Crippen molar-refractivity contribution >= 4 is 32.6 Å². The van der Waals surface area contributed by atoms with Crippen molar-refractivity contribution in [2.24, 2.45) is 0 Å². The fraction of sp³-hybridized carbons (Fsp3) is 0.125. The Morgan fingerprint density at radius 2 is 1.19 bits per heavy atom. The molecule has 1 aliphatic rings. The van der Waals surface area contributed by atoms with Crippen LogP contribution >= 0.6 is 0 Å². The number of hydrogen-bond acceptors (Lipinski definition) is 2. The van der Waals surface area contributed by atoms with Crippen LogP contribution < -0.4 is 0 Å². The molecule has 1 aliphatic heterocycles. The highest BCUT2D eigenvalue weighted by atomic mass is 32.2. The molecule has 0 aliphatic carbocycles. The smallest absolute Gasteiger partial charge is 0.128 e. The molecule has 0 spiro atoms. The van der Waals surface area contributed by atoms with Gasteiger partial charge in [0.15, 0.2) is 0 Å². The van der Waals surface area contributed by atoms with Crippen LogP contribution in [0.3, 0.4) is 0 Å². The molecular formula is C32H27NO2S2. The quantitative estimate of drug-likeness (QED) is 0.218. The van der Waals surface area contributed by atoms with Gasteiger partial charge in [0.1, 0.15) is 11.0 Å². The van der Waals surface area contributed by atoms with Crippen molar-refractivity contribution < 1.29 is 8.42 Å². The first-order chi connectivity index (χ1) is 18.0. The van der Waals surface area contributed by atoms with E-state index in [-0.39, 0.29) is 12.1 Å². The summed E-state index contributed by atoms with van der Waals surface area (Å²) in [6.07, 6.45) is 0. The third kappa shape index (κ3) is 4.59. The van der Waals surface area contributed by atoms with Crippen LogP contribution in [0.15, 0.2) is 130 Å². The summed E-state index contributed by atoms with van der Waals surface area (Å²) >= 11 is 0. The van der Waals surface area contributed by atoms with Crippen molar-refractivity contribution in [1.29, 1.82) is 0 Å². The lowest BCUT2D eigenvalue weighted by Gasteiger charge is -2.10. The maximum Gasteiger partial charge on any atom is 0.128 e. The number of hydrogen-bond donors (Lipinski definition) is 0. The highest BCUT2D eigenvalue weighted by Crippen LogP contribution is 2.58. The normalized spacial score (nSPS) is 20.4. The van der Waals surface area contributed by atoms with Gasteiger partial charge in [-0.1, -0.05) is 90.0 Å². The van der Waals surface area contributed by atoms with Gasteiger partial charge in [0.25, 0.3) is 0 Å². The average molecular weight is 522 g/mol. The summed E-state index contributed by atoms with van der Waals surface area (Å²) in [5.74, 6) is 0. The Morgan fingerprint density at radius 1 is 0.595 bits per heavy atom. The maximum atomic E-state index is 13.9. The van der Waals surface area contributed by atoms with E-state index >= 15 is 0 Å². The van der Waals surface area contributed by atoms with Gasteiger partial charge >= 0.3 is 0 Å². The Bertz CT molecular complexity index is 1640. The molecule has 0 bridgehead atoms. The molecule has 6 rings (SSSR count). The zero-order chi connectivity index (χ0) is 25.5. The van der Waals surface area contributed by atoms with Gasteiger partial charge in [0, 0.05) is 9.79 Å². The van der Waals surface area contributed by atoms with E-state index in [0.717, 1.165) is 42.3 Å². The largest absolute Gasteiger partial charge is 0.249 e. The third-order valence-electron chi connectivity index (χ3n) is 6.96. The molecular weight excluding hydrogens is 494 g/mol. The molecule has 5 aromatic rings. The first-order valence-electron chi connectivity index (χ1n) is 12.3. The molecule has 37 heavy (non-hydrogen) atoms. The molecule has 0 N–H and O–H groups in total. The van der Waals surface area contributed by atoms with Crippen LogP contribution in [0.25, 0.3) is 10.8 Å². The van der Waals surface area contributed by atoms with Crippen molar-refractivity contribution in [1.82, 2.24) is 4.31 Å². The lowest BCUT2D eigenvalue weighted by molar-refractivity contribution is 0.637. The van der Waals surface area contributed by atoms with Gasteiger partial charge in [0.2, 0.25) is 0 Å². The second-order valence-electron chi connectivity index (χ2n) is 9.54. The molecule has 1 fully saturated rings. The Hall–Kier alpha value is -3.38. The molecule has 3 unspecified atom stereocenters.